The Morgan fingerprint density at radius 3 is 2.57 bits per heavy atom. The minimum Gasteiger partial charge on any atom is -0.455 e. The second-order valence-corrected chi connectivity index (χ2v) is 7.13. The first-order chi connectivity index (χ1) is 10.7. The first-order valence-corrected chi connectivity index (χ1v) is 8.71. The first kappa shape index (κ1) is 17.2. The summed E-state index contributed by atoms with van der Waals surface area (Å²) in [5.41, 5.74) is 2.27. The van der Waals surface area contributed by atoms with E-state index < -0.39 is 15.9 Å². The average molecular weight is 336 g/mol. The molecule has 1 heterocycles. The SMILES string of the molecule is Cc1cccc([C@@H](C)CNC(=O)c2cc(S(N)(=O)=O)c(C)o2)c1. The molecule has 1 aromatic heterocycles. The number of hydrogen-bond donors (Lipinski definition) is 2. The molecule has 2 rings (SSSR count). The second-order valence-electron chi connectivity index (χ2n) is 5.60. The summed E-state index contributed by atoms with van der Waals surface area (Å²) in [4.78, 5) is 11.9. The van der Waals surface area contributed by atoms with Gasteiger partial charge in [-0.1, -0.05) is 36.8 Å². The summed E-state index contributed by atoms with van der Waals surface area (Å²) in [6.07, 6.45) is 0. The number of aryl methyl sites for hydroxylation is 2. The van der Waals surface area contributed by atoms with Gasteiger partial charge in [0.15, 0.2) is 5.76 Å². The van der Waals surface area contributed by atoms with E-state index >= 15 is 0 Å². The molecule has 7 heteroatoms. The van der Waals surface area contributed by atoms with Crippen molar-refractivity contribution in [3.05, 3.63) is 53.0 Å². The van der Waals surface area contributed by atoms with Crippen LogP contribution in [0.3, 0.4) is 0 Å². The van der Waals surface area contributed by atoms with E-state index in [4.69, 9.17) is 9.56 Å². The molecule has 23 heavy (non-hydrogen) atoms. The molecule has 0 fully saturated rings. The number of carbonyl (C=O) groups excluding carboxylic acids is 1. The van der Waals surface area contributed by atoms with Crippen LogP contribution in [-0.2, 0) is 10.0 Å². The Hall–Kier alpha value is -2.12. The predicted octanol–water partition coefficient (Wildman–Crippen LogP) is 2.08. The Bertz CT molecular complexity index is 824. The molecule has 2 aromatic rings. The maximum atomic E-state index is 12.1. The fourth-order valence-electron chi connectivity index (χ4n) is 2.29. The molecule has 0 bridgehead atoms. The molecule has 0 spiro atoms. The van der Waals surface area contributed by atoms with Gasteiger partial charge in [0.25, 0.3) is 5.91 Å². The first-order valence-electron chi connectivity index (χ1n) is 7.16. The summed E-state index contributed by atoms with van der Waals surface area (Å²) >= 11 is 0. The Labute approximate surface area is 135 Å². The number of furan rings is 1. The van der Waals surface area contributed by atoms with Crippen LogP contribution in [0.25, 0.3) is 0 Å². The third kappa shape index (κ3) is 4.20. The van der Waals surface area contributed by atoms with E-state index in [0.29, 0.717) is 6.54 Å². The number of nitrogens with one attached hydrogen (secondary N) is 1. The highest BCUT2D eigenvalue weighted by atomic mass is 32.2. The zero-order valence-corrected chi connectivity index (χ0v) is 14.1. The van der Waals surface area contributed by atoms with E-state index in [1.54, 1.807) is 0 Å². The Morgan fingerprint density at radius 2 is 2.00 bits per heavy atom. The third-order valence-corrected chi connectivity index (χ3v) is 4.60. The molecule has 1 aromatic carbocycles. The lowest BCUT2D eigenvalue weighted by molar-refractivity contribution is 0.0922. The fraction of sp³-hybridized carbons (Fsp3) is 0.312. The Morgan fingerprint density at radius 1 is 1.30 bits per heavy atom. The van der Waals surface area contributed by atoms with Crippen LogP contribution in [0.5, 0.6) is 0 Å². The minimum absolute atomic E-state index is 0.0667. The lowest BCUT2D eigenvalue weighted by Crippen LogP contribution is -2.27. The molecule has 124 valence electrons. The van der Waals surface area contributed by atoms with Crippen molar-refractivity contribution < 1.29 is 17.6 Å². The fourth-order valence-corrected chi connectivity index (χ4v) is 3.00. The van der Waals surface area contributed by atoms with Crippen molar-refractivity contribution >= 4 is 15.9 Å². The smallest absolute Gasteiger partial charge is 0.287 e. The number of benzene rings is 1. The van der Waals surface area contributed by atoms with Crippen molar-refractivity contribution in [2.45, 2.75) is 31.6 Å². The van der Waals surface area contributed by atoms with E-state index in [2.05, 4.69) is 11.4 Å². The van der Waals surface area contributed by atoms with E-state index in [0.717, 1.165) is 17.2 Å². The van der Waals surface area contributed by atoms with Gasteiger partial charge >= 0.3 is 0 Å². The van der Waals surface area contributed by atoms with Gasteiger partial charge in [-0.05, 0) is 25.3 Å². The number of hydrogen-bond acceptors (Lipinski definition) is 4. The van der Waals surface area contributed by atoms with Crippen LogP contribution < -0.4 is 10.5 Å². The van der Waals surface area contributed by atoms with Crippen molar-refractivity contribution in [1.82, 2.24) is 5.32 Å². The Balaban J connectivity index is 2.05. The average Bonchev–Trinajstić information content (AvgIpc) is 2.86. The number of sulfonamides is 1. The van der Waals surface area contributed by atoms with E-state index in [9.17, 15) is 13.2 Å². The molecule has 6 nitrogen and oxygen atoms in total. The van der Waals surface area contributed by atoms with Gasteiger partial charge < -0.3 is 9.73 Å². The molecule has 0 aliphatic carbocycles. The summed E-state index contributed by atoms with van der Waals surface area (Å²) in [5.74, 6) is -0.317. The molecular formula is C16H20N2O4S. The monoisotopic (exact) mass is 336 g/mol. The molecule has 3 N–H and O–H groups in total. The van der Waals surface area contributed by atoms with Gasteiger partial charge in [0.2, 0.25) is 10.0 Å². The highest BCUT2D eigenvalue weighted by Crippen LogP contribution is 2.19. The molecule has 0 radical (unpaired) electrons. The normalized spacial score (nSPS) is 12.9. The number of amides is 1. The molecule has 0 aliphatic heterocycles. The summed E-state index contributed by atoms with van der Waals surface area (Å²) in [5, 5.41) is 7.80. The summed E-state index contributed by atoms with van der Waals surface area (Å²) in [7, 11) is -3.90. The number of rotatable bonds is 5. The molecule has 0 unspecified atom stereocenters. The maximum absolute atomic E-state index is 12.1. The molecule has 0 saturated heterocycles. The van der Waals surface area contributed by atoms with Crippen molar-refractivity contribution in [1.29, 1.82) is 0 Å². The van der Waals surface area contributed by atoms with Crippen LogP contribution in [0, 0.1) is 13.8 Å². The molecule has 0 aliphatic rings. The second kappa shape index (κ2) is 6.55. The van der Waals surface area contributed by atoms with Crippen molar-refractivity contribution in [3.8, 4) is 0 Å². The zero-order chi connectivity index (χ0) is 17.2. The Kier molecular flexibility index (Phi) is 4.91. The van der Waals surface area contributed by atoms with E-state index in [1.807, 2.05) is 32.0 Å². The minimum atomic E-state index is -3.90. The summed E-state index contributed by atoms with van der Waals surface area (Å²) in [6, 6.07) is 9.19. The highest BCUT2D eigenvalue weighted by molar-refractivity contribution is 7.89. The van der Waals surface area contributed by atoms with Crippen LogP contribution in [0.2, 0.25) is 0 Å². The molecule has 1 atom stereocenters. The van der Waals surface area contributed by atoms with Gasteiger partial charge in [-0.2, -0.15) is 0 Å². The van der Waals surface area contributed by atoms with Crippen molar-refractivity contribution in [2.24, 2.45) is 5.14 Å². The molecule has 0 saturated carbocycles. The van der Waals surface area contributed by atoms with Crippen LogP contribution in [0.1, 0.15) is 40.3 Å². The number of nitrogens with two attached hydrogens (primary N) is 1. The summed E-state index contributed by atoms with van der Waals surface area (Å²) in [6.45, 7) is 5.87. The van der Waals surface area contributed by atoms with Crippen LogP contribution in [0.4, 0.5) is 0 Å². The van der Waals surface area contributed by atoms with Gasteiger partial charge in [0.1, 0.15) is 10.7 Å². The van der Waals surface area contributed by atoms with Gasteiger partial charge in [-0.25, -0.2) is 13.6 Å². The van der Waals surface area contributed by atoms with Gasteiger partial charge in [0, 0.05) is 12.6 Å². The standard InChI is InChI=1S/C16H20N2O4S/c1-10-5-4-6-13(7-10)11(2)9-18-16(19)14-8-15(12(3)22-14)23(17,20)21/h4-8,11H,9H2,1-3H3,(H,18,19)(H2,17,20,21)/t11-/m0/s1. The quantitative estimate of drug-likeness (QED) is 0.872. The molecular weight excluding hydrogens is 316 g/mol. The van der Waals surface area contributed by atoms with Crippen LogP contribution in [0.15, 0.2) is 39.6 Å². The van der Waals surface area contributed by atoms with E-state index in [1.165, 1.54) is 6.92 Å². The third-order valence-electron chi connectivity index (χ3n) is 3.58. The lowest BCUT2D eigenvalue weighted by Gasteiger charge is -2.13. The highest BCUT2D eigenvalue weighted by Gasteiger charge is 2.21. The summed E-state index contributed by atoms with van der Waals surface area (Å²) < 4.78 is 27.9. The van der Waals surface area contributed by atoms with Gasteiger partial charge in [-0.3, -0.25) is 4.79 Å². The number of primary sulfonamides is 1. The zero-order valence-electron chi connectivity index (χ0n) is 13.3. The lowest BCUT2D eigenvalue weighted by atomic mass is 9.99. The number of carbonyl (C=O) groups is 1. The largest absolute Gasteiger partial charge is 0.455 e. The van der Waals surface area contributed by atoms with Crippen LogP contribution in [-0.4, -0.2) is 20.9 Å². The van der Waals surface area contributed by atoms with Crippen molar-refractivity contribution in [2.75, 3.05) is 6.54 Å². The molecule has 1 amide bonds. The van der Waals surface area contributed by atoms with Gasteiger partial charge in [0.05, 0.1) is 0 Å². The topological polar surface area (TPSA) is 102 Å². The van der Waals surface area contributed by atoms with Crippen molar-refractivity contribution in [3.63, 3.8) is 0 Å². The predicted molar refractivity (Wildman–Crippen MR) is 86.7 cm³/mol. The van der Waals surface area contributed by atoms with E-state index in [-0.39, 0.29) is 22.3 Å². The van der Waals surface area contributed by atoms with Gasteiger partial charge in [-0.15, -0.1) is 0 Å². The van der Waals surface area contributed by atoms with Crippen LogP contribution >= 0.6 is 0 Å². The maximum Gasteiger partial charge on any atom is 0.287 e.